The normalized spacial score (nSPS) is 17.9. The third-order valence-corrected chi connectivity index (χ3v) is 12.0. The molecule has 0 saturated carbocycles. The van der Waals surface area contributed by atoms with Crippen molar-refractivity contribution in [3.63, 3.8) is 0 Å². The maximum atomic E-state index is 12.0. The van der Waals surface area contributed by atoms with Gasteiger partial charge in [0.15, 0.2) is 15.9 Å². The van der Waals surface area contributed by atoms with E-state index in [9.17, 15) is 35.5 Å². The van der Waals surface area contributed by atoms with E-state index in [-0.39, 0.29) is 20.0 Å². The molecule has 4 rings (SSSR count). The van der Waals surface area contributed by atoms with Gasteiger partial charge >= 0.3 is 0 Å². The van der Waals surface area contributed by atoms with Crippen LogP contribution in [0.4, 0.5) is 11.4 Å². The van der Waals surface area contributed by atoms with Gasteiger partial charge in [0, 0.05) is 72.8 Å². The smallest absolute Gasteiger partial charge is 0.294 e. The molecule has 0 aromatic heterocycles. The van der Waals surface area contributed by atoms with E-state index in [4.69, 9.17) is 0 Å². The Balaban J connectivity index is 1.78. The highest BCUT2D eigenvalue weighted by Crippen LogP contribution is 2.49. The van der Waals surface area contributed by atoms with Gasteiger partial charge in [0.1, 0.15) is 6.54 Å². The van der Waals surface area contributed by atoms with Gasteiger partial charge in [-0.2, -0.15) is 21.4 Å². The zero-order chi connectivity index (χ0) is 34.9. The molecule has 0 amide bonds. The van der Waals surface area contributed by atoms with Crippen LogP contribution in [0.15, 0.2) is 70.1 Å². The van der Waals surface area contributed by atoms with Gasteiger partial charge in [0.25, 0.3) is 20.2 Å². The summed E-state index contributed by atoms with van der Waals surface area (Å²) in [5.41, 5.74) is 3.65. The fraction of sp³-hybridized carbons (Fsp3) is 0.424. The van der Waals surface area contributed by atoms with Crippen LogP contribution < -0.4 is 4.90 Å². The second-order valence-electron chi connectivity index (χ2n) is 12.5. The lowest BCUT2D eigenvalue weighted by Crippen LogP contribution is -2.28. The van der Waals surface area contributed by atoms with E-state index in [1.165, 1.54) is 61.6 Å². The van der Waals surface area contributed by atoms with E-state index >= 15 is 0 Å². The first-order valence-electron chi connectivity index (χ1n) is 15.1. The molecule has 2 heterocycles. The highest BCUT2D eigenvalue weighted by molar-refractivity contribution is 8.13. The minimum absolute atomic E-state index is 0.0361. The molecule has 0 aliphatic carbocycles. The van der Waals surface area contributed by atoms with Crippen molar-refractivity contribution < 1.29 is 40.1 Å². The molecule has 47 heavy (non-hydrogen) atoms. The van der Waals surface area contributed by atoms with Crippen molar-refractivity contribution in [1.29, 1.82) is 0 Å². The van der Waals surface area contributed by atoms with Crippen molar-refractivity contribution in [1.82, 2.24) is 0 Å². The van der Waals surface area contributed by atoms with Crippen molar-refractivity contribution >= 4 is 71.1 Å². The topological polar surface area (TPSA) is 149 Å². The first-order valence-corrected chi connectivity index (χ1v) is 19.9. The average molecular weight is 722 g/mol. The molecule has 0 spiro atoms. The zero-order valence-electron chi connectivity index (χ0n) is 27.3. The molecule has 0 unspecified atom stereocenters. The highest BCUT2D eigenvalue weighted by Gasteiger charge is 2.45. The molecule has 2 aliphatic rings. The molecule has 254 valence electrons. The van der Waals surface area contributed by atoms with E-state index in [0.29, 0.717) is 37.4 Å². The molecule has 2 N–H and O–H groups in total. The monoisotopic (exact) mass is 721 g/mol. The summed E-state index contributed by atoms with van der Waals surface area (Å²) in [6, 6.07) is 9.18. The molecule has 0 radical (unpaired) electrons. The fourth-order valence-electron chi connectivity index (χ4n) is 6.22. The van der Waals surface area contributed by atoms with Gasteiger partial charge in [0.05, 0.1) is 15.2 Å². The third kappa shape index (κ3) is 8.11. The van der Waals surface area contributed by atoms with Crippen LogP contribution in [0.5, 0.6) is 0 Å². The van der Waals surface area contributed by atoms with E-state index in [1.807, 2.05) is 45.9 Å². The minimum Gasteiger partial charge on any atom is -0.344 e. The minimum atomic E-state index is -4.42. The third-order valence-electron chi connectivity index (χ3n) is 8.49. The maximum Gasteiger partial charge on any atom is 0.294 e. The van der Waals surface area contributed by atoms with Crippen molar-refractivity contribution in [2.75, 3.05) is 29.5 Å². The quantitative estimate of drug-likeness (QED) is 0.148. The lowest BCUT2D eigenvalue weighted by molar-refractivity contribution is -0.437. The number of anilines is 1. The molecule has 14 heteroatoms. The summed E-state index contributed by atoms with van der Waals surface area (Å²) < 4.78 is 69.6. The van der Waals surface area contributed by atoms with Crippen LogP contribution in [0.25, 0.3) is 0 Å². The Morgan fingerprint density at radius 1 is 0.830 bits per heavy atom. The number of benzene rings is 2. The molecule has 0 saturated heterocycles. The molecular formula is C33H41N2O8S4+. The van der Waals surface area contributed by atoms with Crippen LogP contribution in [0.2, 0.25) is 0 Å². The van der Waals surface area contributed by atoms with Crippen LogP contribution in [-0.4, -0.2) is 71.1 Å². The van der Waals surface area contributed by atoms with Crippen LogP contribution in [0.3, 0.4) is 0 Å². The van der Waals surface area contributed by atoms with Gasteiger partial charge in [-0.05, 0) is 62.2 Å². The van der Waals surface area contributed by atoms with Crippen LogP contribution >= 0.6 is 23.5 Å². The predicted octanol–water partition coefficient (Wildman–Crippen LogP) is 6.13. The number of fused-ring (bicyclic) bond motifs is 2. The molecule has 0 bridgehead atoms. The SMILES string of the molecule is CC(=O)SCCCN1/C(=C\C=C\C2=[N+](CCCSC(C)=O)c3ccc(S(=O)(=O)O)cc3C2(C)C)C(C)(C)c2cc(S(=O)(=O)O)ccc21. The standard InChI is InChI=1S/C33H40N2O8S4/c1-22(36)44-18-8-16-34-28-14-12-24(46(38,39)40)20-26(28)32(3,4)30(34)10-7-11-31-33(5,6)27-21-25(47(41,42)43)13-15-29(27)35(31)17-9-19-45-23(2)37/h7,10-15,20-21H,8-9,16-19H2,1-6H3,(H-,38,39,40,41,42,43)/p+1. The summed E-state index contributed by atoms with van der Waals surface area (Å²) >= 11 is 2.50. The molecule has 2 aromatic carbocycles. The Kier molecular flexibility index (Phi) is 11.0. The van der Waals surface area contributed by atoms with Gasteiger partial charge < -0.3 is 4.90 Å². The summed E-state index contributed by atoms with van der Waals surface area (Å²) in [5.74, 6) is 1.25. The van der Waals surface area contributed by atoms with E-state index in [1.54, 1.807) is 12.1 Å². The highest BCUT2D eigenvalue weighted by atomic mass is 32.2. The number of hydrogen-bond acceptors (Lipinski definition) is 9. The van der Waals surface area contributed by atoms with Gasteiger partial charge in [-0.25, -0.2) is 0 Å². The number of carbonyl (C=O) groups is 2. The number of nitrogens with zero attached hydrogens (tertiary/aromatic N) is 2. The van der Waals surface area contributed by atoms with Crippen LogP contribution in [0, 0.1) is 0 Å². The lowest BCUT2D eigenvalue weighted by atomic mass is 9.81. The molecule has 0 atom stereocenters. The summed E-state index contributed by atoms with van der Waals surface area (Å²) in [6.07, 6.45) is 7.27. The number of carbonyl (C=O) groups excluding carboxylic acids is 2. The fourth-order valence-corrected chi connectivity index (χ4v) is 8.35. The molecule has 2 aromatic rings. The Labute approximate surface area is 285 Å². The largest absolute Gasteiger partial charge is 0.344 e. The number of rotatable bonds is 12. The summed E-state index contributed by atoms with van der Waals surface area (Å²) in [5, 5.41) is 0.0722. The first-order chi connectivity index (χ1) is 21.8. The first kappa shape index (κ1) is 37.1. The van der Waals surface area contributed by atoms with Gasteiger partial charge in [-0.15, -0.1) is 0 Å². The van der Waals surface area contributed by atoms with Gasteiger partial charge in [0.2, 0.25) is 5.69 Å². The van der Waals surface area contributed by atoms with Gasteiger partial charge in [-0.1, -0.05) is 43.4 Å². The Bertz CT molecular complexity index is 1910. The van der Waals surface area contributed by atoms with Crippen LogP contribution in [-0.2, 0) is 40.7 Å². The molecule has 10 nitrogen and oxygen atoms in total. The van der Waals surface area contributed by atoms with Crippen molar-refractivity contribution in [3.05, 3.63) is 71.5 Å². The average Bonchev–Trinajstić information content (AvgIpc) is 3.30. The second-order valence-corrected chi connectivity index (χ2v) is 17.9. The van der Waals surface area contributed by atoms with E-state index < -0.39 is 31.1 Å². The van der Waals surface area contributed by atoms with Crippen molar-refractivity contribution in [2.45, 2.75) is 75.0 Å². The summed E-state index contributed by atoms with van der Waals surface area (Å²) in [7, 11) is -8.83. The number of thioether (sulfide) groups is 2. The zero-order valence-corrected chi connectivity index (χ0v) is 30.6. The summed E-state index contributed by atoms with van der Waals surface area (Å²) in [4.78, 5) is 24.8. The Hall–Kier alpha value is -2.75. The molecular weight excluding hydrogens is 681 g/mol. The summed E-state index contributed by atoms with van der Waals surface area (Å²) in [6.45, 7) is 12.2. The van der Waals surface area contributed by atoms with Crippen molar-refractivity contribution in [2.24, 2.45) is 0 Å². The second kappa shape index (κ2) is 14.0. The Morgan fingerprint density at radius 3 is 1.96 bits per heavy atom. The number of hydrogen-bond donors (Lipinski definition) is 2. The predicted molar refractivity (Wildman–Crippen MR) is 188 cm³/mol. The van der Waals surface area contributed by atoms with E-state index in [0.717, 1.165) is 33.9 Å². The maximum absolute atomic E-state index is 12.0. The molecule has 0 fully saturated rings. The lowest BCUT2D eigenvalue weighted by Gasteiger charge is -2.27. The van der Waals surface area contributed by atoms with E-state index in [2.05, 4.69) is 9.48 Å². The number of allylic oxidation sites excluding steroid dienone is 4. The Morgan fingerprint density at radius 2 is 1.38 bits per heavy atom. The molecule has 2 aliphatic heterocycles. The van der Waals surface area contributed by atoms with Gasteiger partial charge in [-0.3, -0.25) is 18.7 Å². The van der Waals surface area contributed by atoms with Crippen LogP contribution in [0.1, 0.15) is 65.5 Å². The van der Waals surface area contributed by atoms with Crippen molar-refractivity contribution in [3.8, 4) is 0 Å².